The standard InChI is InChI=1S/C12H25NO/c1-10(2)7-8-13-9-11-3-5-12(14)6-4-11/h10-14H,3-9H2,1-2H3. The van der Waals surface area contributed by atoms with Crippen LogP contribution in [0.5, 0.6) is 0 Å². The summed E-state index contributed by atoms with van der Waals surface area (Å²) in [6.45, 7) is 6.83. The SMILES string of the molecule is CC(C)CCNCC1CCC(O)CC1. The molecule has 0 aromatic rings. The van der Waals surface area contributed by atoms with Gasteiger partial charge in [-0.05, 0) is 57.0 Å². The average molecular weight is 199 g/mol. The second-order valence-corrected chi connectivity index (χ2v) is 5.06. The van der Waals surface area contributed by atoms with Crippen LogP contribution in [0.2, 0.25) is 0 Å². The van der Waals surface area contributed by atoms with Crippen LogP contribution >= 0.6 is 0 Å². The van der Waals surface area contributed by atoms with Crippen LogP contribution in [0.15, 0.2) is 0 Å². The second-order valence-electron chi connectivity index (χ2n) is 5.06. The van der Waals surface area contributed by atoms with E-state index in [0.717, 1.165) is 37.8 Å². The van der Waals surface area contributed by atoms with Crippen molar-refractivity contribution >= 4 is 0 Å². The molecule has 0 radical (unpaired) electrons. The number of hydrogen-bond donors (Lipinski definition) is 2. The molecule has 2 N–H and O–H groups in total. The first kappa shape index (κ1) is 12.0. The molecule has 0 amide bonds. The van der Waals surface area contributed by atoms with E-state index < -0.39 is 0 Å². The lowest BCUT2D eigenvalue weighted by Crippen LogP contribution is -2.28. The maximum absolute atomic E-state index is 9.35. The van der Waals surface area contributed by atoms with Gasteiger partial charge in [-0.15, -0.1) is 0 Å². The molecule has 2 nitrogen and oxygen atoms in total. The molecule has 0 aromatic carbocycles. The summed E-state index contributed by atoms with van der Waals surface area (Å²) in [6.07, 6.45) is 5.69. The van der Waals surface area contributed by atoms with Gasteiger partial charge in [0, 0.05) is 0 Å². The molecule has 1 saturated carbocycles. The van der Waals surface area contributed by atoms with Crippen LogP contribution in [-0.2, 0) is 0 Å². The summed E-state index contributed by atoms with van der Waals surface area (Å²) in [7, 11) is 0. The van der Waals surface area contributed by atoms with E-state index in [4.69, 9.17) is 0 Å². The van der Waals surface area contributed by atoms with Crippen LogP contribution in [0.25, 0.3) is 0 Å². The summed E-state index contributed by atoms with van der Waals surface area (Å²) in [5.41, 5.74) is 0. The summed E-state index contributed by atoms with van der Waals surface area (Å²) < 4.78 is 0. The van der Waals surface area contributed by atoms with Crippen molar-refractivity contribution in [2.45, 2.75) is 52.1 Å². The van der Waals surface area contributed by atoms with E-state index in [9.17, 15) is 5.11 Å². The molecule has 1 fully saturated rings. The number of hydrogen-bond acceptors (Lipinski definition) is 2. The van der Waals surface area contributed by atoms with Crippen molar-refractivity contribution in [3.8, 4) is 0 Å². The Balaban J connectivity index is 1.96. The Kier molecular flexibility index (Phi) is 5.49. The van der Waals surface area contributed by atoms with E-state index in [1.165, 1.54) is 19.3 Å². The van der Waals surface area contributed by atoms with Gasteiger partial charge >= 0.3 is 0 Å². The Labute approximate surface area is 88.1 Å². The molecule has 0 unspecified atom stereocenters. The number of nitrogens with one attached hydrogen (secondary N) is 1. The normalized spacial score (nSPS) is 28.3. The van der Waals surface area contributed by atoms with Crippen molar-refractivity contribution in [2.24, 2.45) is 11.8 Å². The van der Waals surface area contributed by atoms with Gasteiger partial charge in [-0.1, -0.05) is 13.8 Å². The summed E-state index contributed by atoms with van der Waals surface area (Å²) >= 11 is 0. The van der Waals surface area contributed by atoms with Crippen LogP contribution < -0.4 is 5.32 Å². The zero-order valence-electron chi connectivity index (χ0n) is 9.63. The maximum atomic E-state index is 9.35. The third-order valence-electron chi connectivity index (χ3n) is 3.15. The minimum Gasteiger partial charge on any atom is -0.393 e. The summed E-state index contributed by atoms with van der Waals surface area (Å²) in [5.74, 6) is 1.61. The predicted molar refractivity (Wildman–Crippen MR) is 60.3 cm³/mol. The molecule has 0 atom stereocenters. The fraction of sp³-hybridized carbons (Fsp3) is 1.00. The zero-order chi connectivity index (χ0) is 10.4. The highest BCUT2D eigenvalue weighted by molar-refractivity contribution is 4.73. The Bertz CT molecular complexity index is 139. The van der Waals surface area contributed by atoms with Gasteiger partial charge in [0.15, 0.2) is 0 Å². The maximum Gasteiger partial charge on any atom is 0.0540 e. The third kappa shape index (κ3) is 4.97. The summed E-state index contributed by atoms with van der Waals surface area (Å²) in [5, 5.41) is 12.9. The molecular weight excluding hydrogens is 174 g/mol. The number of rotatable bonds is 5. The Morgan fingerprint density at radius 3 is 2.43 bits per heavy atom. The topological polar surface area (TPSA) is 32.3 Å². The van der Waals surface area contributed by atoms with Crippen LogP contribution in [0.1, 0.15) is 46.0 Å². The van der Waals surface area contributed by atoms with E-state index in [0.29, 0.717) is 0 Å². The molecular formula is C12H25NO. The molecule has 1 aliphatic rings. The average Bonchev–Trinajstić information content (AvgIpc) is 2.15. The van der Waals surface area contributed by atoms with Gasteiger partial charge in [-0.25, -0.2) is 0 Å². The number of aliphatic hydroxyl groups is 1. The van der Waals surface area contributed by atoms with Crippen molar-refractivity contribution in [3.63, 3.8) is 0 Å². The van der Waals surface area contributed by atoms with Gasteiger partial charge in [0.05, 0.1) is 6.10 Å². The Morgan fingerprint density at radius 1 is 1.21 bits per heavy atom. The summed E-state index contributed by atoms with van der Waals surface area (Å²) in [6, 6.07) is 0. The molecule has 0 aliphatic heterocycles. The van der Waals surface area contributed by atoms with Crippen LogP contribution in [0.4, 0.5) is 0 Å². The molecule has 14 heavy (non-hydrogen) atoms. The molecule has 84 valence electrons. The highest BCUT2D eigenvalue weighted by Gasteiger charge is 2.18. The van der Waals surface area contributed by atoms with E-state index in [2.05, 4.69) is 19.2 Å². The largest absolute Gasteiger partial charge is 0.393 e. The smallest absolute Gasteiger partial charge is 0.0540 e. The van der Waals surface area contributed by atoms with Gasteiger partial charge in [0.1, 0.15) is 0 Å². The van der Waals surface area contributed by atoms with Gasteiger partial charge in [0.2, 0.25) is 0 Å². The van der Waals surface area contributed by atoms with Crippen LogP contribution in [-0.4, -0.2) is 24.3 Å². The van der Waals surface area contributed by atoms with Crippen molar-refractivity contribution < 1.29 is 5.11 Å². The predicted octanol–water partition coefficient (Wildman–Crippen LogP) is 2.17. The van der Waals surface area contributed by atoms with Gasteiger partial charge < -0.3 is 10.4 Å². The van der Waals surface area contributed by atoms with Gasteiger partial charge in [0.25, 0.3) is 0 Å². The molecule has 2 heteroatoms. The summed E-state index contributed by atoms with van der Waals surface area (Å²) in [4.78, 5) is 0. The monoisotopic (exact) mass is 199 g/mol. The van der Waals surface area contributed by atoms with Crippen LogP contribution in [0.3, 0.4) is 0 Å². The van der Waals surface area contributed by atoms with Crippen molar-refractivity contribution in [1.82, 2.24) is 5.32 Å². The molecule has 1 aliphatic carbocycles. The Morgan fingerprint density at radius 2 is 1.86 bits per heavy atom. The van der Waals surface area contributed by atoms with E-state index in [-0.39, 0.29) is 6.10 Å². The fourth-order valence-corrected chi connectivity index (χ4v) is 2.05. The zero-order valence-corrected chi connectivity index (χ0v) is 9.63. The van der Waals surface area contributed by atoms with Crippen molar-refractivity contribution in [1.29, 1.82) is 0 Å². The third-order valence-corrected chi connectivity index (χ3v) is 3.15. The molecule has 0 saturated heterocycles. The molecule has 0 aromatic heterocycles. The molecule has 0 heterocycles. The minimum atomic E-state index is -0.0121. The number of aliphatic hydroxyl groups excluding tert-OH is 1. The lowest BCUT2D eigenvalue weighted by atomic mass is 9.87. The van der Waals surface area contributed by atoms with Gasteiger partial charge in [-0.3, -0.25) is 0 Å². The fourth-order valence-electron chi connectivity index (χ4n) is 2.05. The first-order chi connectivity index (χ1) is 6.68. The highest BCUT2D eigenvalue weighted by Crippen LogP contribution is 2.23. The van der Waals surface area contributed by atoms with Crippen molar-refractivity contribution in [2.75, 3.05) is 13.1 Å². The molecule has 0 spiro atoms. The first-order valence-electron chi connectivity index (χ1n) is 6.07. The molecule has 1 rings (SSSR count). The molecule has 0 bridgehead atoms. The Hall–Kier alpha value is -0.0800. The second kappa shape index (κ2) is 6.41. The van der Waals surface area contributed by atoms with E-state index in [1.54, 1.807) is 0 Å². The first-order valence-corrected chi connectivity index (χ1v) is 6.07. The van der Waals surface area contributed by atoms with E-state index >= 15 is 0 Å². The van der Waals surface area contributed by atoms with E-state index in [1.807, 2.05) is 0 Å². The van der Waals surface area contributed by atoms with Gasteiger partial charge in [-0.2, -0.15) is 0 Å². The lowest BCUT2D eigenvalue weighted by Gasteiger charge is -2.25. The van der Waals surface area contributed by atoms with Crippen LogP contribution in [0, 0.1) is 11.8 Å². The quantitative estimate of drug-likeness (QED) is 0.665. The van der Waals surface area contributed by atoms with Crippen molar-refractivity contribution in [3.05, 3.63) is 0 Å². The minimum absolute atomic E-state index is 0.0121. The highest BCUT2D eigenvalue weighted by atomic mass is 16.3. The lowest BCUT2D eigenvalue weighted by molar-refractivity contribution is 0.108.